The quantitative estimate of drug-likeness (QED) is 0.896. The van der Waals surface area contributed by atoms with Crippen LogP contribution in [0, 0.1) is 5.41 Å². The van der Waals surface area contributed by atoms with Crippen LogP contribution in [0.3, 0.4) is 0 Å². The van der Waals surface area contributed by atoms with E-state index in [1.54, 1.807) is 0 Å². The van der Waals surface area contributed by atoms with Gasteiger partial charge in [0.25, 0.3) is 0 Å². The smallest absolute Gasteiger partial charge is 0.238 e. The van der Waals surface area contributed by atoms with Crippen molar-refractivity contribution in [1.29, 1.82) is 0 Å². The van der Waals surface area contributed by atoms with Gasteiger partial charge in [-0.25, -0.2) is 0 Å². The summed E-state index contributed by atoms with van der Waals surface area (Å²) in [6.07, 6.45) is 0. The van der Waals surface area contributed by atoms with Crippen molar-refractivity contribution in [3.8, 4) is 0 Å². The molecule has 1 rings (SSSR count). The summed E-state index contributed by atoms with van der Waals surface area (Å²) in [6, 6.07) is 7.39. The van der Waals surface area contributed by atoms with Gasteiger partial charge in [-0.3, -0.25) is 4.79 Å². The first-order valence-corrected chi connectivity index (χ1v) is 7.17. The van der Waals surface area contributed by atoms with Gasteiger partial charge >= 0.3 is 0 Å². The summed E-state index contributed by atoms with van der Waals surface area (Å²) in [5.74, 6) is -0.125. The minimum atomic E-state index is -0.526. The van der Waals surface area contributed by atoms with Crippen LogP contribution in [-0.2, 0) is 10.3 Å². The van der Waals surface area contributed by atoms with Gasteiger partial charge in [-0.1, -0.05) is 48.8 Å². The monoisotopic (exact) mass is 326 g/mol. The van der Waals surface area contributed by atoms with Crippen LogP contribution >= 0.6 is 15.9 Å². The van der Waals surface area contributed by atoms with Crippen LogP contribution in [0.4, 0.5) is 0 Å². The maximum atomic E-state index is 12.2. The molecule has 0 spiro atoms. The molecule has 0 bridgehead atoms. The van der Waals surface area contributed by atoms with Crippen LogP contribution in [0.2, 0.25) is 0 Å². The number of hydrogen-bond donors (Lipinski definition) is 2. The second kappa shape index (κ2) is 5.63. The minimum Gasteiger partial charge on any atom is -0.346 e. The molecule has 0 aromatic heterocycles. The third kappa shape index (κ3) is 4.32. The van der Waals surface area contributed by atoms with Crippen LogP contribution in [0.1, 0.15) is 40.2 Å². The number of carbonyl (C=O) groups excluding carboxylic acids is 1. The van der Waals surface area contributed by atoms with Crippen LogP contribution < -0.4 is 11.1 Å². The van der Waals surface area contributed by atoms with Crippen LogP contribution in [0.5, 0.6) is 0 Å². The highest BCUT2D eigenvalue weighted by atomic mass is 79.9. The first kappa shape index (κ1) is 16.2. The largest absolute Gasteiger partial charge is 0.346 e. The second-order valence-electron chi connectivity index (χ2n) is 6.46. The Hall–Kier alpha value is -0.870. The Morgan fingerprint density at radius 2 is 1.63 bits per heavy atom. The molecule has 3 nitrogen and oxygen atoms in total. The number of carbonyl (C=O) groups is 1. The van der Waals surface area contributed by atoms with Gasteiger partial charge in [0, 0.05) is 4.47 Å². The van der Waals surface area contributed by atoms with Crippen molar-refractivity contribution >= 4 is 21.8 Å². The molecule has 0 heterocycles. The molecule has 0 saturated carbocycles. The minimum absolute atomic E-state index is 0.125. The summed E-state index contributed by atoms with van der Waals surface area (Å²) >= 11 is 3.41. The van der Waals surface area contributed by atoms with Gasteiger partial charge in [-0.05, 0) is 37.0 Å². The molecule has 0 radical (unpaired) electrons. The average Bonchev–Trinajstić information content (AvgIpc) is 2.26. The molecule has 3 N–H and O–H groups in total. The van der Waals surface area contributed by atoms with E-state index in [1.807, 2.05) is 58.9 Å². The lowest BCUT2D eigenvalue weighted by Crippen LogP contribution is -2.53. The van der Waals surface area contributed by atoms with E-state index >= 15 is 0 Å². The number of rotatable bonds is 3. The number of nitrogens with one attached hydrogen (secondary N) is 1. The van der Waals surface area contributed by atoms with Crippen molar-refractivity contribution in [2.45, 2.75) is 46.2 Å². The first-order valence-electron chi connectivity index (χ1n) is 6.38. The molecular formula is C15H23BrN2O. The van der Waals surface area contributed by atoms with Crippen LogP contribution in [-0.4, -0.2) is 11.9 Å². The van der Waals surface area contributed by atoms with Gasteiger partial charge in [-0.15, -0.1) is 0 Å². The standard InChI is InChI=1S/C15H23BrN2O/c1-14(2,3)12(17)13(19)18-15(4,5)10-6-8-11(16)9-7-10/h6-9,12H,17H2,1-5H3,(H,18,19)/t12-/m1/s1. The average molecular weight is 327 g/mol. The Bertz CT molecular complexity index is 446. The fourth-order valence-electron chi connectivity index (χ4n) is 1.72. The maximum Gasteiger partial charge on any atom is 0.238 e. The van der Waals surface area contributed by atoms with Crippen molar-refractivity contribution < 1.29 is 4.79 Å². The van der Waals surface area contributed by atoms with Crippen molar-refractivity contribution in [2.24, 2.45) is 11.1 Å². The van der Waals surface area contributed by atoms with E-state index in [2.05, 4.69) is 21.2 Å². The van der Waals surface area contributed by atoms with E-state index in [-0.39, 0.29) is 11.3 Å². The molecule has 0 aliphatic rings. The predicted octanol–water partition coefficient (Wildman–Crippen LogP) is 3.17. The lowest BCUT2D eigenvalue weighted by atomic mass is 9.85. The summed E-state index contributed by atoms with van der Waals surface area (Å²) in [5.41, 5.74) is 6.34. The van der Waals surface area contributed by atoms with Crippen molar-refractivity contribution in [3.63, 3.8) is 0 Å². The van der Waals surface area contributed by atoms with E-state index in [0.29, 0.717) is 0 Å². The zero-order valence-corrected chi connectivity index (χ0v) is 13.8. The maximum absolute atomic E-state index is 12.2. The van der Waals surface area contributed by atoms with Gasteiger partial charge in [0.05, 0.1) is 11.6 Å². The van der Waals surface area contributed by atoms with Gasteiger partial charge in [0.2, 0.25) is 5.91 Å². The second-order valence-corrected chi connectivity index (χ2v) is 7.38. The highest BCUT2D eigenvalue weighted by Gasteiger charge is 2.31. The van der Waals surface area contributed by atoms with Crippen molar-refractivity contribution in [2.75, 3.05) is 0 Å². The third-order valence-electron chi connectivity index (χ3n) is 3.22. The zero-order valence-electron chi connectivity index (χ0n) is 12.3. The molecule has 1 atom stereocenters. The molecule has 1 aromatic rings. The van der Waals surface area contributed by atoms with Gasteiger partial charge in [0.15, 0.2) is 0 Å². The topological polar surface area (TPSA) is 55.1 Å². The summed E-state index contributed by atoms with van der Waals surface area (Å²) in [4.78, 5) is 12.2. The SMILES string of the molecule is CC(C)(NC(=O)[C@@H](N)C(C)(C)C)c1ccc(Br)cc1. The summed E-state index contributed by atoms with van der Waals surface area (Å²) in [6.45, 7) is 9.84. The van der Waals surface area contributed by atoms with Crippen molar-refractivity contribution in [1.82, 2.24) is 5.32 Å². The van der Waals surface area contributed by atoms with Crippen LogP contribution in [0.25, 0.3) is 0 Å². The molecule has 0 aliphatic heterocycles. The number of benzene rings is 1. The van der Waals surface area contributed by atoms with Gasteiger partial charge in [-0.2, -0.15) is 0 Å². The normalized spacial score (nSPS) is 14.1. The van der Waals surface area contributed by atoms with Gasteiger partial charge < -0.3 is 11.1 Å². The highest BCUT2D eigenvalue weighted by molar-refractivity contribution is 9.10. The van der Waals surface area contributed by atoms with Crippen molar-refractivity contribution in [3.05, 3.63) is 34.3 Å². The van der Waals surface area contributed by atoms with E-state index in [0.717, 1.165) is 10.0 Å². The molecule has 1 amide bonds. The lowest BCUT2D eigenvalue weighted by Gasteiger charge is -2.32. The molecule has 1 aromatic carbocycles. The highest BCUT2D eigenvalue weighted by Crippen LogP contribution is 2.24. The summed E-state index contributed by atoms with van der Waals surface area (Å²) < 4.78 is 1.02. The Morgan fingerprint density at radius 3 is 2.05 bits per heavy atom. The molecule has 4 heteroatoms. The van der Waals surface area contributed by atoms with E-state index in [4.69, 9.17) is 5.73 Å². The zero-order chi connectivity index (χ0) is 14.8. The number of amides is 1. The molecule has 0 fully saturated rings. The Balaban J connectivity index is 2.85. The lowest BCUT2D eigenvalue weighted by molar-refractivity contribution is -0.126. The fraction of sp³-hybridized carbons (Fsp3) is 0.533. The Labute approximate surface area is 124 Å². The predicted molar refractivity (Wildman–Crippen MR) is 82.7 cm³/mol. The molecule has 0 aliphatic carbocycles. The number of nitrogens with two attached hydrogens (primary N) is 1. The molecule has 0 saturated heterocycles. The van der Waals surface area contributed by atoms with E-state index in [9.17, 15) is 4.79 Å². The molecular weight excluding hydrogens is 304 g/mol. The Kier molecular flexibility index (Phi) is 4.80. The van der Waals surface area contributed by atoms with E-state index in [1.165, 1.54) is 0 Å². The molecule has 0 unspecified atom stereocenters. The van der Waals surface area contributed by atoms with Crippen LogP contribution in [0.15, 0.2) is 28.7 Å². The molecule has 106 valence electrons. The summed E-state index contributed by atoms with van der Waals surface area (Å²) in [5, 5.41) is 3.02. The summed E-state index contributed by atoms with van der Waals surface area (Å²) in [7, 11) is 0. The fourth-order valence-corrected chi connectivity index (χ4v) is 1.98. The Morgan fingerprint density at radius 1 is 1.16 bits per heavy atom. The number of halogens is 1. The third-order valence-corrected chi connectivity index (χ3v) is 3.75. The number of hydrogen-bond acceptors (Lipinski definition) is 2. The van der Waals surface area contributed by atoms with E-state index < -0.39 is 11.6 Å². The molecule has 19 heavy (non-hydrogen) atoms. The van der Waals surface area contributed by atoms with Gasteiger partial charge in [0.1, 0.15) is 0 Å². The first-order chi connectivity index (χ1) is 8.54.